The van der Waals surface area contributed by atoms with E-state index in [1.807, 2.05) is 0 Å². The van der Waals surface area contributed by atoms with Gasteiger partial charge in [-0.1, -0.05) is 25.6 Å². The van der Waals surface area contributed by atoms with E-state index in [-0.39, 0.29) is 56.0 Å². The van der Waals surface area contributed by atoms with Crippen LogP contribution in [0.5, 0.6) is 11.5 Å². The van der Waals surface area contributed by atoms with Gasteiger partial charge in [-0.2, -0.15) is 18.3 Å². The van der Waals surface area contributed by atoms with E-state index in [9.17, 15) is 23.4 Å². The molecule has 0 aliphatic rings. The topological polar surface area (TPSA) is 58.3 Å². The summed E-state index contributed by atoms with van der Waals surface area (Å²) in [6.07, 6.45) is -3.09. The smallest absolute Gasteiger partial charge is 0.418 e. The molecule has 0 aliphatic carbocycles. The van der Waals surface area contributed by atoms with E-state index < -0.39 is 11.7 Å². The lowest BCUT2D eigenvalue weighted by Crippen LogP contribution is -2.09. The molecule has 2 N–H and O–H groups in total. The van der Waals surface area contributed by atoms with Crippen LogP contribution in [0.1, 0.15) is 13.0 Å². The predicted molar refractivity (Wildman–Crippen MR) is 96.2 cm³/mol. The van der Waals surface area contributed by atoms with Gasteiger partial charge in [0.1, 0.15) is 17.2 Å². The highest BCUT2D eigenvalue weighted by Gasteiger charge is 2.34. The maximum Gasteiger partial charge on any atom is 0.418 e. The quantitative estimate of drug-likeness (QED) is 0.531. The lowest BCUT2D eigenvalue weighted by Gasteiger charge is -2.10. The number of aromatic nitrogens is 2. The third-order valence-electron chi connectivity index (χ3n) is 3.61. The third-order valence-corrected chi connectivity index (χ3v) is 3.61. The van der Waals surface area contributed by atoms with Crippen LogP contribution < -0.4 is 0 Å². The minimum absolute atomic E-state index is 0. The summed E-state index contributed by atoms with van der Waals surface area (Å²) < 4.78 is 41.2. The van der Waals surface area contributed by atoms with Crippen molar-refractivity contribution in [3.05, 3.63) is 54.6 Å². The Kier molecular flexibility index (Phi) is 6.14. The second kappa shape index (κ2) is 7.55. The molecule has 1 heterocycles. The largest absolute Gasteiger partial charge is 0.508 e. The van der Waals surface area contributed by atoms with Crippen molar-refractivity contribution in [1.82, 2.24) is 9.78 Å². The Morgan fingerprint density at radius 3 is 2.42 bits per heavy atom. The van der Waals surface area contributed by atoms with E-state index in [1.165, 1.54) is 35.0 Å². The Hall–Kier alpha value is -2.90. The first-order chi connectivity index (χ1) is 11.3. The first kappa shape index (κ1) is 21.1. The Bertz CT molecular complexity index is 936. The average molecular weight is 361 g/mol. The summed E-state index contributed by atoms with van der Waals surface area (Å²) in [5.41, 5.74) is -0.443. The summed E-state index contributed by atoms with van der Waals surface area (Å²) in [6.45, 7) is 3.63. The van der Waals surface area contributed by atoms with Crippen molar-refractivity contribution in [1.29, 1.82) is 0 Å². The standard InChI is InChI=1S/C17H13F3N2O2.CH4.B/c1-2-8-22-16-12(4-3-5-13(16)17(18,19)20)15(21-22)11-7-6-10(23)9-14(11)24;;/h2-7,9,23-24H,1,8H2;1H4;. The normalized spacial score (nSPS) is 10.9. The number of phenolic OH excluding ortho intramolecular Hbond substituents is 2. The molecule has 0 saturated carbocycles. The highest BCUT2D eigenvalue weighted by atomic mass is 19.4. The number of halogens is 3. The van der Waals surface area contributed by atoms with Gasteiger partial charge in [0.25, 0.3) is 0 Å². The van der Waals surface area contributed by atoms with Gasteiger partial charge < -0.3 is 10.2 Å². The zero-order chi connectivity index (χ0) is 17.5. The molecular formula is C18H17BF3N2O2. The van der Waals surface area contributed by atoms with Gasteiger partial charge in [-0.05, 0) is 18.2 Å². The van der Waals surface area contributed by atoms with Crippen molar-refractivity contribution >= 4 is 19.3 Å². The number of hydrogen-bond acceptors (Lipinski definition) is 3. The van der Waals surface area contributed by atoms with Crippen molar-refractivity contribution < 1.29 is 23.4 Å². The third kappa shape index (κ3) is 3.54. The van der Waals surface area contributed by atoms with Gasteiger partial charge in [-0.25, -0.2) is 0 Å². The molecule has 0 amide bonds. The summed E-state index contributed by atoms with van der Waals surface area (Å²) >= 11 is 0. The van der Waals surface area contributed by atoms with Gasteiger partial charge in [0.05, 0.1) is 17.6 Å². The molecule has 3 radical (unpaired) electrons. The number of allylic oxidation sites excluding steroid dienone is 1. The lowest BCUT2D eigenvalue weighted by atomic mass is 10.0. The number of hydrogen-bond donors (Lipinski definition) is 2. The second-order valence-corrected chi connectivity index (χ2v) is 5.22. The van der Waals surface area contributed by atoms with Crippen LogP contribution in [-0.4, -0.2) is 28.4 Å². The molecule has 0 saturated heterocycles. The summed E-state index contributed by atoms with van der Waals surface area (Å²) in [4.78, 5) is 0. The fourth-order valence-corrected chi connectivity index (χ4v) is 2.64. The van der Waals surface area contributed by atoms with Crippen LogP contribution in [0.4, 0.5) is 13.2 Å². The maximum absolute atomic E-state index is 13.3. The Labute approximate surface area is 150 Å². The van der Waals surface area contributed by atoms with Crippen molar-refractivity contribution in [2.24, 2.45) is 0 Å². The van der Waals surface area contributed by atoms with Crippen LogP contribution in [0.15, 0.2) is 49.1 Å². The minimum Gasteiger partial charge on any atom is -0.508 e. The monoisotopic (exact) mass is 361 g/mol. The minimum atomic E-state index is -4.53. The molecule has 0 aliphatic heterocycles. The molecule has 0 atom stereocenters. The molecule has 0 unspecified atom stereocenters. The lowest BCUT2D eigenvalue weighted by molar-refractivity contribution is -0.136. The van der Waals surface area contributed by atoms with Gasteiger partial charge in [0.2, 0.25) is 0 Å². The molecule has 2 aromatic carbocycles. The SMILES string of the molecule is C.C=CCn1nc(-c2ccc(O)cc2O)c2cccc(C(F)(F)F)c21.[B]. The van der Waals surface area contributed by atoms with Gasteiger partial charge >= 0.3 is 6.18 Å². The highest BCUT2D eigenvalue weighted by Crippen LogP contribution is 2.40. The van der Waals surface area contributed by atoms with E-state index in [0.717, 1.165) is 12.1 Å². The van der Waals surface area contributed by atoms with Gasteiger partial charge in [-0.15, -0.1) is 6.58 Å². The molecule has 0 spiro atoms. The number of rotatable bonds is 3. The summed E-state index contributed by atoms with van der Waals surface area (Å²) in [6, 6.07) is 7.65. The molecule has 1 aromatic heterocycles. The number of fused-ring (bicyclic) bond motifs is 1. The van der Waals surface area contributed by atoms with Crippen LogP contribution in [0, 0.1) is 0 Å². The Morgan fingerprint density at radius 2 is 1.85 bits per heavy atom. The molecule has 0 bridgehead atoms. The average Bonchev–Trinajstić information content (AvgIpc) is 2.85. The van der Waals surface area contributed by atoms with Gasteiger partial charge in [-0.3, -0.25) is 4.68 Å². The molecule has 135 valence electrons. The van der Waals surface area contributed by atoms with Crippen LogP contribution >= 0.6 is 0 Å². The fourth-order valence-electron chi connectivity index (χ4n) is 2.64. The number of para-hydroxylation sites is 1. The molecular weight excluding hydrogens is 344 g/mol. The summed E-state index contributed by atoms with van der Waals surface area (Å²) in [5.74, 6) is -0.417. The number of alkyl halides is 3. The first-order valence-corrected chi connectivity index (χ1v) is 7.03. The van der Waals surface area contributed by atoms with E-state index in [1.54, 1.807) is 0 Å². The number of nitrogens with zero attached hydrogens (tertiary/aromatic N) is 2. The highest BCUT2D eigenvalue weighted by molar-refractivity contribution is 5.96. The van der Waals surface area contributed by atoms with Crippen LogP contribution in [0.25, 0.3) is 22.2 Å². The van der Waals surface area contributed by atoms with E-state index in [4.69, 9.17) is 0 Å². The number of phenols is 2. The summed E-state index contributed by atoms with van der Waals surface area (Å²) in [5, 5.41) is 23.9. The molecule has 8 heteroatoms. The molecule has 3 rings (SSSR count). The Balaban J connectivity index is 0.00000169. The van der Waals surface area contributed by atoms with E-state index >= 15 is 0 Å². The van der Waals surface area contributed by atoms with E-state index in [2.05, 4.69) is 11.7 Å². The predicted octanol–water partition coefficient (Wildman–Crippen LogP) is 4.57. The van der Waals surface area contributed by atoms with Crippen molar-refractivity contribution in [2.45, 2.75) is 20.1 Å². The Morgan fingerprint density at radius 1 is 1.15 bits per heavy atom. The second-order valence-electron chi connectivity index (χ2n) is 5.22. The zero-order valence-electron chi connectivity index (χ0n) is 13.0. The zero-order valence-corrected chi connectivity index (χ0v) is 13.0. The molecule has 0 fully saturated rings. The van der Waals surface area contributed by atoms with Gasteiger partial charge in [0.15, 0.2) is 0 Å². The molecule has 3 aromatic rings. The summed E-state index contributed by atoms with van der Waals surface area (Å²) in [7, 11) is 0. The fraction of sp³-hybridized carbons (Fsp3) is 0.167. The van der Waals surface area contributed by atoms with Crippen LogP contribution in [0.2, 0.25) is 0 Å². The number of aromatic hydroxyl groups is 2. The van der Waals surface area contributed by atoms with Crippen molar-refractivity contribution in [3.8, 4) is 22.8 Å². The molecule has 4 nitrogen and oxygen atoms in total. The first-order valence-electron chi connectivity index (χ1n) is 7.03. The van der Waals surface area contributed by atoms with Crippen LogP contribution in [0.3, 0.4) is 0 Å². The maximum atomic E-state index is 13.3. The molecule has 26 heavy (non-hydrogen) atoms. The van der Waals surface area contributed by atoms with Gasteiger partial charge in [0, 0.05) is 25.4 Å². The number of benzene rings is 2. The van der Waals surface area contributed by atoms with Crippen molar-refractivity contribution in [3.63, 3.8) is 0 Å². The van der Waals surface area contributed by atoms with Crippen LogP contribution in [-0.2, 0) is 12.7 Å². The van der Waals surface area contributed by atoms with E-state index in [0.29, 0.717) is 0 Å². The van der Waals surface area contributed by atoms with Crippen molar-refractivity contribution in [2.75, 3.05) is 0 Å².